The minimum absolute atomic E-state index is 0.465. The number of rotatable bonds is 5. The monoisotopic (exact) mass is 272 g/mol. The molecule has 1 N–H and O–H groups in total. The van der Waals surface area contributed by atoms with Crippen LogP contribution in [0.4, 0.5) is 5.69 Å². The molecule has 0 bridgehead atoms. The third-order valence-corrected chi connectivity index (χ3v) is 5.03. The van der Waals surface area contributed by atoms with Gasteiger partial charge in [-0.15, -0.1) is 0 Å². The molecule has 1 aliphatic heterocycles. The lowest BCUT2D eigenvalue weighted by atomic mass is 9.84. The van der Waals surface area contributed by atoms with Crippen molar-refractivity contribution in [3.05, 3.63) is 29.3 Å². The molecule has 1 fully saturated rings. The van der Waals surface area contributed by atoms with Crippen molar-refractivity contribution in [3.63, 3.8) is 0 Å². The average Bonchev–Trinajstić information content (AvgIpc) is 2.42. The Hall–Kier alpha value is -1.02. The SMILES string of the molecule is CCNC(C)c1ccc2c(c1)CCCN2CC1CCC1. The Morgan fingerprint density at radius 3 is 2.85 bits per heavy atom. The van der Waals surface area contributed by atoms with Crippen molar-refractivity contribution in [3.8, 4) is 0 Å². The molecule has 0 saturated heterocycles. The summed E-state index contributed by atoms with van der Waals surface area (Å²) in [5.41, 5.74) is 4.52. The van der Waals surface area contributed by atoms with Gasteiger partial charge in [-0.1, -0.05) is 25.5 Å². The van der Waals surface area contributed by atoms with E-state index < -0.39 is 0 Å². The molecule has 2 nitrogen and oxygen atoms in total. The maximum atomic E-state index is 3.52. The first kappa shape index (κ1) is 13.9. The quantitative estimate of drug-likeness (QED) is 0.874. The Bertz CT molecular complexity index is 451. The van der Waals surface area contributed by atoms with Gasteiger partial charge in [0.25, 0.3) is 0 Å². The van der Waals surface area contributed by atoms with Gasteiger partial charge < -0.3 is 10.2 Å². The van der Waals surface area contributed by atoms with Crippen LogP contribution in [0.3, 0.4) is 0 Å². The van der Waals surface area contributed by atoms with E-state index in [1.165, 1.54) is 56.4 Å². The molecule has 0 aromatic heterocycles. The minimum Gasteiger partial charge on any atom is -0.371 e. The fourth-order valence-corrected chi connectivity index (χ4v) is 3.57. The molecule has 20 heavy (non-hydrogen) atoms. The molecule has 1 aromatic carbocycles. The molecule has 1 heterocycles. The third-order valence-electron chi connectivity index (χ3n) is 5.03. The number of anilines is 1. The summed E-state index contributed by atoms with van der Waals surface area (Å²) < 4.78 is 0. The number of benzene rings is 1. The van der Waals surface area contributed by atoms with Crippen molar-refractivity contribution in [2.75, 3.05) is 24.5 Å². The number of nitrogens with one attached hydrogen (secondary N) is 1. The highest BCUT2D eigenvalue weighted by Crippen LogP contribution is 2.34. The fraction of sp³-hybridized carbons (Fsp3) is 0.667. The van der Waals surface area contributed by atoms with Crippen LogP contribution in [0.2, 0.25) is 0 Å². The largest absolute Gasteiger partial charge is 0.371 e. The molecule has 1 unspecified atom stereocenters. The third kappa shape index (κ3) is 2.85. The lowest BCUT2D eigenvalue weighted by molar-refractivity contribution is 0.316. The van der Waals surface area contributed by atoms with Crippen LogP contribution in [0.15, 0.2) is 18.2 Å². The summed E-state index contributed by atoms with van der Waals surface area (Å²) in [6.45, 7) is 8.02. The molecule has 1 saturated carbocycles. The van der Waals surface area contributed by atoms with Crippen LogP contribution in [0.1, 0.15) is 56.7 Å². The first-order valence-electron chi connectivity index (χ1n) is 8.39. The lowest BCUT2D eigenvalue weighted by Crippen LogP contribution is -2.36. The van der Waals surface area contributed by atoms with E-state index in [-0.39, 0.29) is 0 Å². The van der Waals surface area contributed by atoms with Crippen LogP contribution in [0.25, 0.3) is 0 Å². The van der Waals surface area contributed by atoms with Crippen molar-refractivity contribution in [2.45, 2.75) is 52.0 Å². The Morgan fingerprint density at radius 1 is 1.30 bits per heavy atom. The molecule has 0 radical (unpaired) electrons. The van der Waals surface area contributed by atoms with Crippen LogP contribution < -0.4 is 10.2 Å². The summed E-state index contributed by atoms with van der Waals surface area (Å²) in [4.78, 5) is 2.64. The Morgan fingerprint density at radius 2 is 2.15 bits per heavy atom. The fourth-order valence-electron chi connectivity index (χ4n) is 3.57. The number of fused-ring (bicyclic) bond motifs is 1. The summed E-state index contributed by atoms with van der Waals surface area (Å²) in [5, 5.41) is 3.52. The summed E-state index contributed by atoms with van der Waals surface area (Å²) in [7, 11) is 0. The standard InChI is InChI=1S/C18H28N2/c1-3-19-14(2)16-9-10-18-17(12-16)8-5-11-20(18)13-15-6-4-7-15/h9-10,12,14-15,19H,3-8,11,13H2,1-2H3. The smallest absolute Gasteiger partial charge is 0.0399 e. The van der Waals surface area contributed by atoms with E-state index >= 15 is 0 Å². The van der Waals surface area contributed by atoms with Gasteiger partial charge in [0.2, 0.25) is 0 Å². The molecule has 1 aliphatic carbocycles. The zero-order valence-electron chi connectivity index (χ0n) is 13.0. The second-order valence-electron chi connectivity index (χ2n) is 6.51. The molecule has 3 rings (SSSR count). The van der Waals surface area contributed by atoms with Gasteiger partial charge >= 0.3 is 0 Å². The molecule has 2 aliphatic rings. The molecule has 2 heteroatoms. The van der Waals surface area contributed by atoms with E-state index in [1.807, 2.05) is 0 Å². The molecule has 0 amide bonds. The van der Waals surface area contributed by atoms with Crippen molar-refractivity contribution >= 4 is 5.69 Å². The molecule has 1 atom stereocenters. The number of nitrogens with zero attached hydrogens (tertiary/aromatic N) is 1. The van der Waals surface area contributed by atoms with Gasteiger partial charge in [-0.3, -0.25) is 0 Å². The van der Waals surface area contributed by atoms with Crippen molar-refractivity contribution in [2.24, 2.45) is 5.92 Å². The minimum atomic E-state index is 0.465. The van der Waals surface area contributed by atoms with E-state index in [4.69, 9.17) is 0 Å². The van der Waals surface area contributed by atoms with Crippen molar-refractivity contribution in [1.29, 1.82) is 0 Å². The molecule has 1 aromatic rings. The van der Waals surface area contributed by atoms with Crippen molar-refractivity contribution in [1.82, 2.24) is 5.32 Å². The predicted octanol–water partition coefficient (Wildman–Crippen LogP) is 3.91. The van der Waals surface area contributed by atoms with E-state index in [9.17, 15) is 0 Å². The first-order chi connectivity index (χ1) is 9.78. The van der Waals surface area contributed by atoms with Crippen LogP contribution in [-0.2, 0) is 6.42 Å². The maximum absolute atomic E-state index is 3.52. The highest BCUT2D eigenvalue weighted by Gasteiger charge is 2.24. The molecule has 110 valence electrons. The second-order valence-corrected chi connectivity index (χ2v) is 6.51. The summed E-state index contributed by atoms with van der Waals surface area (Å²) >= 11 is 0. The van der Waals surface area contributed by atoms with Gasteiger partial charge in [-0.25, -0.2) is 0 Å². The van der Waals surface area contributed by atoms with E-state index in [2.05, 4.69) is 42.3 Å². The van der Waals surface area contributed by atoms with Crippen LogP contribution in [0.5, 0.6) is 0 Å². The van der Waals surface area contributed by atoms with E-state index in [0.717, 1.165) is 12.5 Å². The summed E-state index contributed by atoms with van der Waals surface area (Å²) in [6, 6.07) is 7.60. The molecular formula is C18H28N2. The number of aryl methyl sites for hydroxylation is 1. The topological polar surface area (TPSA) is 15.3 Å². The van der Waals surface area contributed by atoms with E-state index in [0.29, 0.717) is 6.04 Å². The van der Waals surface area contributed by atoms with Gasteiger partial charge in [0.05, 0.1) is 0 Å². The van der Waals surface area contributed by atoms with Crippen LogP contribution in [0, 0.1) is 5.92 Å². The molecule has 0 spiro atoms. The van der Waals surface area contributed by atoms with Crippen LogP contribution >= 0.6 is 0 Å². The zero-order valence-corrected chi connectivity index (χ0v) is 13.0. The van der Waals surface area contributed by atoms with Gasteiger partial charge in [-0.2, -0.15) is 0 Å². The second kappa shape index (κ2) is 6.17. The van der Waals surface area contributed by atoms with Gasteiger partial charge in [-0.05, 0) is 62.3 Å². The van der Waals surface area contributed by atoms with E-state index in [1.54, 1.807) is 5.56 Å². The Kier molecular flexibility index (Phi) is 4.30. The van der Waals surface area contributed by atoms with Gasteiger partial charge in [0.15, 0.2) is 0 Å². The average molecular weight is 272 g/mol. The normalized spacial score (nSPS) is 20.4. The highest BCUT2D eigenvalue weighted by atomic mass is 15.1. The predicted molar refractivity (Wildman–Crippen MR) is 86.4 cm³/mol. The van der Waals surface area contributed by atoms with Gasteiger partial charge in [0, 0.05) is 24.8 Å². The summed E-state index contributed by atoms with van der Waals surface area (Å²) in [6.07, 6.45) is 6.91. The van der Waals surface area contributed by atoms with Crippen LogP contribution in [-0.4, -0.2) is 19.6 Å². The number of hydrogen-bond donors (Lipinski definition) is 1. The Balaban J connectivity index is 1.76. The molecular weight excluding hydrogens is 244 g/mol. The zero-order chi connectivity index (χ0) is 13.9. The Labute approximate surface area is 123 Å². The first-order valence-corrected chi connectivity index (χ1v) is 8.39. The summed E-state index contributed by atoms with van der Waals surface area (Å²) in [5.74, 6) is 0.960. The maximum Gasteiger partial charge on any atom is 0.0399 e. The lowest BCUT2D eigenvalue weighted by Gasteiger charge is -2.37. The highest BCUT2D eigenvalue weighted by molar-refractivity contribution is 5.57. The van der Waals surface area contributed by atoms with Crippen molar-refractivity contribution < 1.29 is 0 Å². The number of hydrogen-bond acceptors (Lipinski definition) is 2. The van der Waals surface area contributed by atoms with Gasteiger partial charge in [0.1, 0.15) is 0 Å².